The van der Waals surface area contributed by atoms with Crippen molar-refractivity contribution in [1.29, 1.82) is 0 Å². The van der Waals surface area contributed by atoms with E-state index in [0.717, 1.165) is 5.69 Å². The van der Waals surface area contributed by atoms with Crippen molar-refractivity contribution in [2.24, 2.45) is 5.73 Å². The molecule has 2 atom stereocenters. The second-order valence-electron chi connectivity index (χ2n) is 3.31. The minimum absolute atomic E-state index is 0.0127. The van der Waals surface area contributed by atoms with E-state index >= 15 is 0 Å². The first-order valence-electron chi connectivity index (χ1n) is 4.35. The van der Waals surface area contributed by atoms with E-state index in [1.807, 2.05) is 37.3 Å². The average molecular weight is 176 g/mol. The number of nitrogens with two attached hydrogens (primary N) is 1. The van der Waals surface area contributed by atoms with Crippen LogP contribution in [0.4, 0.5) is 5.69 Å². The van der Waals surface area contributed by atoms with E-state index in [2.05, 4.69) is 0 Å². The summed E-state index contributed by atoms with van der Waals surface area (Å²) in [5.41, 5.74) is 6.53. The second-order valence-corrected chi connectivity index (χ2v) is 3.31. The number of carbonyl (C=O) groups excluding carboxylic acids is 1. The largest absolute Gasteiger partial charge is 0.318 e. The predicted molar refractivity (Wildman–Crippen MR) is 51.4 cm³/mol. The molecule has 3 heteroatoms. The fourth-order valence-corrected chi connectivity index (χ4v) is 1.60. The molecule has 1 aromatic carbocycles. The number of hydrogen-bond acceptors (Lipinski definition) is 2. The molecule has 1 fully saturated rings. The molecule has 0 saturated carbocycles. The molecule has 2 rings (SSSR count). The van der Waals surface area contributed by atoms with E-state index < -0.39 is 0 Å². The summed E-state index contributed by atoms with van der Waals surface area (Å²) in [5.74, 6) is 0.0127. The third-order valence-electron chi connectivity index (χ3n) is 2.48. The van der Waals surface area contributed by atoms with Crippen molar-refractivity contribution < 1.29 is 4.79 Å². The van der Waals surface area contributed by atoms with Gasteiger partial charge in [-0.2, -0.15) is 0 Å². The maximum Gasteiger partial charge on any atom is 0.246 e. The minimum Gasteiger partial charge on any atom is -0.318 e. The van der Waals surface area contributed by atoms with Crippen molar-refractivity contribution in [2.45, 2.75) is 19.0 Å². The maximum atomic E-state index is 11.4. The summed E-state index contributed by atoms with van der Waals surface area (Å²) in [4.78, 5) is 13.1. The molecular formula is C10H12N2O. The fourth-order valence-electron chi connectivity index (χ4n) is 1.60. The molecule has 0 radical (unpaired) electrons. The molecule has 1 heterocycles. The number of nitrogens with zero attached hydrogens (tertiary/aromatic N) is 1. The van der Waals surface area contributed by atoms with Gasteiger partial charge in [-0.05, 0) is 19.1 Å². The van der Waals surface area contributed by atoms with Crippen LogP contribution in [0.25, 0.3) is 0 Å². The minimum atomic E-state index is -0.319. The molecule has 0 aliphatic carbocycles. The second kappa shape index (κ2) is 2.85. The van der Waals surface area contributed by atoms with Gasteiger partial charge in [-0.1, -0.05) is 18.2 Å². The fraction of sp³-hybridized carbons (Fsp3) is 0.300. The van der Waals surface area contributed by atoms with Gasteiger partial charge in [0.1, 0.15) is 6.04 Å². The number of benzene rings is 1. The van der Waals surface area contributed by atoms with Crippen molar-refractivity contribution in [3.05, 3.63) is 30.3 Å². The first kappa shape index (κ1) is 8.26. The van der Waals surface area contributed by atoms with E-state index in [4.69, 9.17) is 5.73 Å². The maximum absolute atomic E-state index is 11.4. The molecule has 3 nitrogen and oxygen atoms in total. The first-order valence-corrected chi connectivity index (χ1v) is 4.35. The topological polar surface area (TPSA) is 46.3 Å². The zero-order valence-electron chi connectivity index (χ0n) is 7.47. The third kappa shape index (κ3) is 1.12. The Morgan fingerprint density at radius 1 is 1.31 bits per heavy atom. The summed E-state index contributed by atoms with van der Waals surface area (Å²) < 4.78 is 0. The normalized spacial score (nSPS) is 27.2. The quantitative estimate of drug-likeness (QED) is 0.642. The number of amides is 1. The van der Waals surface area contributed by atoms with Gasteiger partial charge in [0.25, 0.3) is 0 Å². The highest BCUT2D eigenvalue weighted by Crippen LogP contribution is 2.26. The van der Waals surface area contributed by atoms with Gasteiger partial charge in [0.2, 0.25) is 5.91 Å². The van der Waals surface area contributed by atoms with Crippen molar-refractivity contribution in [1.82, 2.24) is 0 Å². The lowest BCUT2D eigenvalue weighted by atomic mass is 9.97. The Morgan fingerprint density at radius 2 is 1.92 bits per heavy atom. The van der Waals surface area contributed by atoms with E-state index in [0.29, 0.717) is 0 Å². The van der Waals surface area contributed by atoms with Crippen LogP contribution in [0, 0.1) is 0 Å². The molecule has 1 aromatic rings. The lowest BCUT2D eigenvalue weighted by Gasteiger charge is -2.43. The van der Waals surface area contributed by atoms with Crippen LogP contribution >= 0.6 is 0 Å². The standard InChI is InChI=1S/C10H12N2O/c1-7-9(11)10(13)12(7)8-5-3-2-4-6-8/h2-7,9H,11H2,1H3/t7-,9-/m0/s1. The summed E-state index contributed by atoms with van der Waals surface area (Å²) in [7, 11) is 0. The molecule has 1 saturated heterocycles. The van der Waals surface area contributed by atoms with Crippen LogP contribution in [0.15, 0.2) is 30.3 Å². The molecule has 0 spiro atoms. The van der Waals surface area contributed by atoms with Crippen molar-refractivity contribution >= 4 is 11.6 Å². The first-order chi connectivity index (χ1) is 6.22. The van der Waals surface area contributed by atoms with E-state index in [9.17, 15) is 4.79 Å². The van der Waals surface area contributed by atoms with Crippen LogP contribution in [0.2, 0.25) is 0 Å². The molecule has 0 bridgehead atoms. The summed E-state index contributed by atoms with van der Waals surface area (Å²) in [6.45, 7) is 1.96. The van der Waals surface area contributed by atoms with E-state index in [1.54, 1.807) is 4.90 Å². The van der Waals surface area contributed by atoms with Crippen LogP contribution in [-0.2, 0) is 4.79 Å². The van der Waals surface area contributed by atoms with Crippen LogP contribution in [0.5, 0.6) is 0 Å². The summed E-state index contributed by atoms with van der Waals surface area (Å²) in [6.07, 6.45) is 0. The van der Waals surface area contributed by atoms with Crippen LogP contribution in [0.1, 0.15) is 6.92 Å². The Kier molecular flexibility index (Phi) is 1.81. The molecule has 2 N–H and O–H groups in total. The Hall–Kier alpha value is -1.35. The van der Waals surface area contributed by atoms with Gasteiger partial charge in [-0.3, -0.25) is 4.79 Å². The average Bonchev–Trinajstić information content (AvgIpc) is 2.19. The Balaban J connectivity index is 2.25. The van der Waals surface area contributed by atoms with Gasteiger partial charge >= 0.3 is 0 Å². The highest BCUT2D eigenvalue weighted by molar-refractivity contribution is 6.05. The van der Waals surface area contributed by atoms with Gasteiger partial charge < -0.3 is 10.6 Å². The molecule has 1 amide bonds. The van der Waals surface area contributed by atoms with Gasteiger partial charge in [0, 0.05) is 5.69 Å². The highest BCUT2D eigenvalue weighted by Gasteiger charge is 2.42. The number of rotatable bonds is 1. The monoisotopic (exact) mass is 176 g/mol. The molecule has 1 aliphatic rings. The van der Waals surface area contributed by atoms with Crippen molar-refractivity contribution in [3.63, 3.8) is 0 Å². The van der Waals surface area contributed by atoms with E-state index in [-0.39, 0.29) is 18.0 Å². The zero-order valence-corrected chi connectivity index (χ0v) is 7.47. The summed E-state index contributed by atoms with van der Waals surface area (Å²) in [5, 5.41) is 0. The number of anilines is 1. The van der Waals surface area contributed by atoms with Crippen LogP contribution in [0.3, 0.4) is 0 Å². The predicted octanol–water partition coefficient (Wildman–Crippen LogP) is 0.749. The van der Waals surface area contributed by atoms with Gasteiger partial charge in [0.15, 0.2) is 0 Å². The molecule has 0 aromatic heterocycles. The molecule has 0 unspecified atom stereocenters. The number of β-lactam (4-membered cyclic amide) rings is 1. The van der Waals surface area contributed by atoms with Gasteiger partial charge in [-0.25, -0.2) is 0 Å². The lowest BCUT2D eigenvalue weighted by Crippen LogP contribution is -2.67. The highest BCUT2D eigenvalue weighted by atomic mass is 16.2. The molecule has 68 valence electrons. The Labute approximate surface area is 77.1 Å². The summed E-state index contributed by atoms with van der Waals surface area (Å²) >= 11 is 0. The van der Waals surface area contributed by atoms with Crippen molar-refractivity contribution in [3.8, 4) is 0 Å². The van der Waals surface area contributed by atoms with Gasteiger partial charge in [0.05, 0.1) is 6.04 Å². The molecule has 1 aliphatic heterocycles. The van der Waals surface area contributed by atoms with Crippen LogP contribution < -0.4 is 10.6 Å². The number of carbonyl (C=O) groups is 1. The summed E-state index contributed by atoms with van der Waals surface area (Å²) in [6, 6.07) is 9.40. The smallest absolute Gasteiger partial charge is 0.246 e. The zero-order chi connectivity index (χ0) is 9.42. The Morgan fingerprint density at radius 3 is 2.46 bits per heavy atom. The third-order valence-corrected chi connectivity index (χ3v) is 2.48. The van der Waals surface area contributed by atoms with E-state index in [1.165, 1.54) is 0 Å². The van der Waals surface area contributed by atoms with Crippen LogP contribution in [-0.4, -0.2) is 18.0 Å². The Bertz CT molecular complexity index is 323. The molecule has 13 heavy (non-hydrogen) atoms. The van der Waals surface area contributed by atoms with Crippen molar-refractivity contribution in [2.75, 3.05) is 4.90 Å². The number of hydrogen-bond donors (Lipinski definition) is 1. The lowest BCUT2D eigenvalue weighted by molar-refractivity contribution is -0.125. The SMILES string of the molecule is C[C@H]1[C@H](N)C(=O)N1c1ccccc1. The number of para-hydroxylation sites is 1. The van der Waals surface area contributed by atoms with Gasteiger partial charge in [-0.15, -0.1) is 0 Å². The molecular weight excluding hydrogens is 164 g/mol.